The molecule has 2 aliphatic rings. The van der Waals surface area contributed by atoms with Gasteiger partial charge in [-0.3, -0.25) is 4.72 Å². The molecule has 0 radical (unpaired) electrons. The summed E-state index contributed by atoms with van der Waals surface area (Å²) >= 11 is 0. The molecule has 3 atom stereocenters. The zero-order chi connectivity index (χ0) is 22.4. The zero-order valence-electron chi connectivity index (χ0n) is 18.0. The van der Waals surface area contributed by atoms with Crippen molar-refractivity contribution in [2.75, 3.05) is 10.0 Å². The summed E-state index contributed by atoms with van der Waals surface area (Å²) < 4.78 is 29.5. The average molecular weight is 453 g/mol. The fraction of sp³-hybridized carbons (Fsp3) is 0.143. The largest absolute Gasteiger partial charge is 0.378 e. The SMILES string of the molecule is O=S(=O)(Nc1cccc2ccccc12)c1ccc2c(c1)[C@@H]1C=CC[C@@H]1[C@H](c1ccccc1)N2. The van der Waals surface area contributed by atoms with Crippen molar-refractivity contribution in [3.63, 3.8) is 0 Å². The number of anilines is 2. The summed E-state index contributed by atoms with van der Waals surface area (Å²) in [5.41, 5.74) is 3.89. The Morgan fingerprint density at radius 1 is 0.848 bits per heavy atom. The molecule has 1 heterocycles. The summed E-state index contributed by atoms with van der Waals surface area (Å²) in [6, 6.07) is 29.6. The second-order valence-corrected chi connectivity index (χ2v) is 10.4. The third kappa shape index (κ3) is 3.49. The van der Waals surface area contributed by atoms with Gasteiger partial charge in [0.2, 0.25) is 0 Å². The van der Waals surface area contributed by atoms with Gasteiger partial charge in [-0.05, 0) is 53.1 Å². The highest BCUT2D eigenvalue weighted by molar-refractivity contribution is 7.92. The Labute approximate surface area is 194 Å². The Hall–Kier alpha value is -3.57. The van der Waals surface area contributed by atoms with Crippen molar-refractivity contribution in [2.24, 2.45) is 5.92 Å². The lowest BCUT2D eigenvalue weighted by Crippen LogP contribution is -2.29. The second kappa shape index (κ2) is 7.78. The topological polar surface area (TPSA) is 58.2 Å². The van der Waals surface area contributed by atoms with E-state index in [9.17, 15) is 8.42 Å². The first kappa shape index (κ1) is 20.1. The van der Waals surface area contributed by atoms with Crippen LogP contribution in [0, 0.1) is 5.92 Å². The van der Waals surface area contributed by atoms with Gasteiger partial charge in [-0.15, -0.1) is 0 Å². The van der Waals surface area contributed by atoms with E-state index in [2.05, 4.69) is 46.5 Å². The van der Waals surface area contributed by atoms with Gasteiger partial charge in [0.1, 0.15) is 0 Å². The van der Waals surface area contributed by atoms with Crippen LogP contribution >= 0.6 is 0 Å². The summed E-state index contributed by atoms with van der Waals surface area (Å²) in [4.78, 5) is 0.285. The molecule has 0 bridgehead atoms. The molecule has 0 aromatic heterocycles. The van der Waals surface area contributed by atoms with Crippen LogP contribution in [0.4, 0.5) is 11.4 Å². The molecular formula is C28H24N2O2S. The maximum Gasteiger partial charge on any atom is 0.261 e. The minimum atomic E-state index is -3.73. The third-order valence-electron chi connectivity index (χ3n) is 6.84. The second-order valence-electron chi connectivity index (χ2n) is 8.77. The standard InChI is InChI=1S/C28H24N2O2S/c31-33(32,30-27-15-6-11-19-8-4-5-12-22(19)27)21-16-17-26-25(18-21)23-13-7-14-24(23)28(29-26)20-9-2-1-3-10-20/h1-13,15-18,23-24,28-30H,14H2/t23-,24+,28+/m1/s1. The van der Waals surface area contributed by atoms with Crippen LogP contribution in [0.2, 0.25) is 0 Å². The van der Waals surface area contributed by atoms with Crippen LogP contribution in [0.5, 0.6) is 0 Å². The maximum atomic E-state index is 13.4. The van der Waals surface area contributed by atoms with Gasteiger partial charge in [-0.25, -0.2) is 8.42 Å². The lowest BCUT2D eigenvalue weighted by molar-refractivity contribution is 0.425. The minimum absolute atomic E-state index is 0.194. The maximum absolute atomic E-state index is 13.4. The lowest BCUT2D eigenvalue weighted by atomic mass is 9.77. The predicted molar refractivity (Wildman–Crippen MR) is 134 cm³/mol. The first-order chi connectivity index (χ1) is 16.1. The monoisotopic (exact) mass is 452 g/mol. The predicted octanol–water partition coefficient (Wildman–Crippen LogP) is 6.47. The molecule has 0 amide bonds. The van der Waals surface area contributed by atoms with Crippen LogP contribution < -0.4 is 10.0 Å². The van der Waals surface area contributed by atoms with Crippen LogP contribution in [0.25, 0.3) is 10.8 Å². The van der Waals surface area contributed by atoms with E-state index in [0.717, 1.165) is 28.4 Å². The van der Waals surface area contributed by atoms with E-state index in [1.165, 1.54) is 5.56 Å². The van der Waals surface area contributed by atoms with Gasteiger partial charge in [0.25, 0.3) is 10.0 Å². The fourth-order valence-corrected chi connectivity index (χ4v) is 6.36. The molecule has 33 heavy (non-hydrogen) atoms. The molecule has 4 nitrogen and oxygen atoms in total. The van der Waals surface area contributed by atoms with Crippen LogP contribution in [-0.2, 0) is 10.0 Å². The van der Waals surface area contributed by atoms with Crippen molar-refractivity contribution in [3.05, 3.63) is 114 Å². The normalized spacial score (nSPS) is 21.3. The number of hydrogen-bond donors (Lipinski definition) is 2. The summed E-state index contributed by atoms with van der Waals surface area (Å²) in [7, 11) is -3.73. The van der Waals surface area contributed by atoms with E-state index < -0.39 is 10.0 Å². The highest BCUT2D eigenvalue weighted by Gasteiger charge is 2.38. The molecule has 0 saturated heterocycles. The summed E-state index contributed by atoms with van der Waals surface area (Å²) in [6.07, 6.45) is 5.42. The molecular weight excluding hydrogens is 428 g/mol. The van der Waals surface area contributed by atoms with Gasteiger partial charge in [-0.2, -0.15) is 0 Å². The van der Waals surface area contributed by atoms with E-state index in [4.69, 9.17) is 0 Å². The fourth-order valence-electron chi connectivity index (χ4n) is 5.25. The Bertz CT molecular complexity index is 1470. The Kier molecular flexibility index (Phi) is 4.73. The summed E-state index contributed by atoms with van der Waals surface area (Å²) in [6.45, 7) is 0. The number of fused-ring (bicyclic) bond motifs is 4. The molecule has 164 valence electrons. The smallest absolute Gasteiger partial charge is 0.261 e. The molecule has 6 rings (SSSR count). The highest BCUT2D eigenvalue weighted by Crippen LogP contribution is 2.50. The van der Waals surface area contributed by atoms with Gasteiger partial charge < -0.3 is 5.32 Å². The number of rotatable bonds is 4. The number of hydrogen-bond acceptors (Lipinski definition) is 3. The molecule has 0 saturated carbocycles. The van der Waals surface area contributed by atoms with Crippen LogP contribution in [0.1, 0.15) is 29.5 Å². The van der Waals surface area contributed by atoms with Crippen molar-refractivity contribution in [1.29, 1.82) is 0 Å². The Balaban J connectivity index is 1.37. The van der Waals surface area contributed by atoms with Crippen molar-refractivity contribution in [1.82, 2.24) is 0 Å². The first-order valence-corrected chi connectivity index (χ1v) is 12.7. The van der Waals surface area contributed by atoms with Crippen molar-refractivity contribution in [3.8, 4) is 0 Å². The van der Waals surface area contributed by atoms with E-state index in [0.29, 0.717) is 11.6 Å². The van der Waals surface area contributed by atoms with Gasteiger partial charge in [0.15, 0.2) is 0 Å². The van der Waals surface area contributed by atoms with Crippen molar-refractivity contribution in [2.45, 2.75) is 23.3 Å². The third-order valence-corrected chi connectivity index (χ3v) is 8.20. The highest BCUT2D eigenvalue weighted by atomic mass is 32.2. The Morgan fingerprint density at radius 3 is 2.52 bits per heavy atom. The molecule has 0 fully saturated rings. The average Bonchev–Trinajstić information content (AvgIpc) is 3.34. The number of nitrogens with one attached hydrogen (secondary N) is 2. The molecule has 1 aliphatic carbocycles. The number of benzene rings is 4. The van der Waals surface area contributed by atoms with Crippen LogP contribution in [0.15, 0.2) is 108 Å². The lowest BCUT2D eigenvalue weighted by Gasteiger charge is -2.37. The number of sulfonamides is 1. The zero-order valence-corrected chi connectivity index (χ0v) is 18.8. The van der Waals surface area contributed by atoms with E-state index in [-0.39, 0.29) is 16.9 Å². The molecule has 2 N–H and O–H groups in total. The molecule has 0 unspecified atom stereocenters. The molecule has 4 aromatic carbocycles. The minimum Gasteiger partial charge on any atom is -0.378 e. The molecule has 1 aliphatic heterocycles. The van der Waals surface area contributed by atoms with Crippen LogP contribution in [0.3, 0.4) is 0 Å². The first-order valence-electron chi connectivity index (χ1n) is 11.2. The summed E-state index contributed by atoms with van der Waals surface area (Å²) in [5.74, 6) is 0.558. The molecule has 5 heteroatoms. The van der Waals surface area contributed by atoms with Crippen LogP contribution in [-0.4, -0.2) is 8.42 Å². The van der Waals surface area contributed by atoms with Gasteiger partial charge in [-0.1, -0.05) is 78.9 Å². The number of allylic oxidation sites excluding steroid dienone is 2. The molecule has 4 aromatic rings. The van der Waals surface area contributed by atoms with Crippen molar-refractivity contribution < 1.29 is 8.42 Å². The summed E-state index contributed by atoms with van der Waals surface area (Å²) in [5, 5.41) is 5.56. The van der Waals surface area contributed by atoms with E-state index in [1.807, 2.05) is 54.6 Å². The molecule has 0 spiro atoms. The van der Waals surface area contributed by atoms with Gasteiger partial charge in [0.05, 0.1) is 16.6 Å². The van der Waals surface area contributed by atoms with E-state index in [1.54, 1.807) is 12.1 Å². The van der Waals surface area contributed by atoms with Crippen molar-refractivity contribution >= 4 is 32.2 Å². The van der Waals surface area contributed by atoms with E-state index >= 15 is 0 Å². The Morgan fingerprint density at radius 2 is 1.64 bits per heavy atom. The van der Waals surface area contributed by atoms with Gasteiger partial charge in [0, 0.05) is 17.0 Å². The quantitative estimate of drug-likeness (QED) is 0.349. The van der Waals surface area contributed by atoms with Gasteiger partial charge >= 0.3 is 0 Å².